The standard InChI is InChI=1S/C40H44N2O6/c1-5-47-39(43)27-33(29-17-21-35(45-3)22-18-29)25-37(31-13-9-7-10-14-31)41-42-38(32-15-11-8-12-16-32)26-34(28-40(44)48-6-2)30-19-23-36(46-4)24-20-30/h7-24,33-34H,5-6,25-28H2,1-4H3/b41-37+,42-38+. The number of carbonyl (C=O) groups excluding carboxylic acids is 2. The first kappa shape index (κ1) is 35.6. The van der Waals surface area contributed by atoms with Crippen LogP contribution in [-0.2, 0) is 19.1 Å². The Balaban J connectivity index is 1.78. The minimum absolute atomic E-state index is 0.181. The lowest BCUT2D eigenvalue weighted by atomic mass is 9.88. The van der Waals surface area contributed by atoms with E-state index >= 15 is 0 Å². The third-order valence-electron chi connectivity index (χ3n) is 8.00. The van der Waals surface area contributed by atoms with Gasteiger partial charge in [0.05, 0.1) is 51.7 Å². The fraction of sp³-hybridized carbons (Fsp3) is 0.300. The molecule has 0 saturated carbocycles. The molecule has 2 atom stereocenters. The van der Waals surface area contributed by atoms with Crippen molar-refractivity contribution in [2.24, 2.45) is 10.2 Å². The van der Waals surface area contributed by atoms with Crippen molar-refractivity contribution < 1.29 is 28.5 Å². The van der Waals surface area contributed by atoms with Gasteiger partial charge in [-0.1, -0.05) is 84.9 Å². The van der Waals surface area contributed by atoms with Gasteiger partial charge in [-0.15, -0.1) is 0 Å². The average Bonchev–Trinajstić information content (AvgIpc) is 3.12. The van der Waals surface area contributed by atoms with Crippen LogP contribution in [0.15, 0.2) is 119 Å². The molecule has 0 fully saturated rings. The summed E-state index contributed by atoms with van der Waals surface area (Å²) in [6.07, 6.45) is 1.23. The minimum Gasteiger partial charge on any atom is -0.497 e. The zero-order chi connectivity index (χ0) is 34.1. The van der Waals surface area contributed by atoms with Gasteiger partial charge in [-0.2, -0.15) is 10.2 Å². The van der Waals surface area contributed by atoms with Crippen LogP contribution in [0.2, 0.25) is 0 Å². The van der Waals surface area contributed by atoms with Crippen molar-refractivity contribution in [3.8, 4) is 11.5 Å². The van der Waals surface area contributed by atoms with Gasteiger partial charge in [0.2, 0.25) is 0 Å². The molecule has 0 spiro atoms. The molecular formula is C40H44N2O6. The lowest BCUT2D eigenvalue weighted by molar-refractivity contribution is -0.144. The fourth-order valence-corrected chi connectivity index (χ4v) is 5.49. The Kier molecular flexibility index (Phi) is 13.9. The van der Waals surface area contributed by atoms with Gasteiger partial charge in [0.1, 0.15) is 11.5 Å². The fourth-order valence-electron chi connectivity index (χ4n) is 5.49. The smallest absolute Gasteiger partial charge is 0.306 e. The summed E-state index contributed by atoms with van der Waals surface area (Å²) in [5.41, 5.74) is 5.17. The van der Waals surface area contributed by atoms with Crippen LogP contribution in [0, 0.1) is 0 Å². The highest BCUT2D eigenvalue weighted by Crippen LogP contribution is 2.30. The van der Waals surface area contributed by atoms with Crippen molar-refractivity contribution in [1.29, 1.82) is 0 Å². The molecule has 4 aromatic rings. The predicted molar refractivity (Wildman–Crippen MR) is 189 cm³/mol. The lowest BCUT2D eigenvalue weighted by Crippen LogP contribution is -2.16. The van der Waals surface area contributed by atoms with Gasteiger partial charge in [0.15, 0.2) is 0 Å². The molecule has 0 bridgehead atoms. The van der Waals surface area contributed by atoms with E-state index in [4.69, 9.17) is 29.2 Å². The van der Waals surface area contributed by atoms with Crippen LogP contribution in [0.25, 0.3) is 0 Å². The summed E-state index contributed by atoms with van der Waals surface area (Å²) in [5.74, 6) is 0.468. The topological polar surface area (TPSA) is 95.8 Å². The molecule has 0 N–H and O–H groups in total. The number of hydrogen-bond acceptors (Lipinski definition) is 8. The molecule has 2 unspecified atom stereocenters. The summed E-state index contributed by atoms with van der Waals surface area (Å²) in [5, 5.41) is 9.81. The van der Waals surface area contributed by atoms with E-state index in [2.05, 4.69) is 0 Å². The van der Waals surface area contributed by atoms with Gasteiger partial charge in [-0.25, -0.2) is 0 Å². The van der Waals surface area contributed by atoms with Crippen molar-refractivity contribution >= 4 is 23.4 Å². The van der Waals surface area contributed by atoms with E-state index in [1.54, 1.807) is 28.1 Å². The van der Waals surface area contributed by atoms with Crippen molar-refractivity contribution in [1.82, 2.24) is 0 Å². The number of ether oxygens (including phenoxy) is 4. The third kappa shape index (κ3) is 10.7. The molecule has 8 heteroatoms. The van der Waals surface area contributed by atoms with Crippen molar-refractivity contribution in [3.05, 3.63) is 131 Å². The SMILES string of the molecule is CCOC(=O)CC(C/C(=N\N=C(/CC(CC(=O)OCC)c1ccc(OC)cc1)c1ccccc1)c1ccccc1)c1ccc(OC)cc1. The first-order valence-electron chi connectivity index (χ1n) is 16.3. The zero-order valence-corrected chi connectivity index (χ0v) is 28.1. The second-order valence-corrected chi connectivity index (χ2v) is 11.2. The van der Waals surface area contributed by atoms with E-state index in [1.165, 1.54) is 0 Å². The van der Waals surface area contributed by atoms with Crippen molar-refractivity contribution in [3.63, 3.8) is 0 Å². The predicted octanol–water partition coefficient (Wildman–Crippen LogP) is 8.15. The summed E-state index contributed by atoms with van der Waals surface area (Å²) in [6.45, 7) is 4.22. The number of benzene rings is 4. The summed E-state index contributed by atoms with van der Waals surface area (Å²) in [6, 6.07) is 35.2. The third-order valence-corrected chi connectivity index (χ3v) is 8.00. The van der Waals surface area contributed by atoms with E-state index in [-0.39, 0.29) is 36.6 Å². The molecule has 0 aliphatic heterocycles. The Morgan fingerprint density at radius 1 is 0.521 bits per heavy atom. The number of methoxy groups -OCH3 is 2. The van der Waals surface area contributed by atoms with E-state index in [1.807, 2.05) is 109 Å². The number of nitrogens with zero attached hydrogens (tertiary/aromatic N) is 2. The molecule has 0 aliphatic carbocycles. The van der Waals surface area contributed by atoms with Crippen molar-refractivity contribution in [2.45, 2.75) is 51.4 Å². The van der Waals surface area contributed by atoms with E-state index in [0.29, 0.717) is 26.1 Å². The van der Waals surface area contributed by atoms with Crippen LogP contribution in [0.5, 0.6) is 11.5 Å². The van der Waals surface area contributed by atoms with Crippen LogP contribution < -0.4 is 9.47 Å². The minimum atomic E-state index is -0.277. The molecule has 0 heterocycles. The van der Waals surface area contributed by atoms with Gasteiger partial charge in [-0.05, 0) is 85.0 Å². The summed E-state index contributed by atoms with van der Waals surface area (Å²) >= 11 is 0. The Bertz CT molecular complexity index is 1510. The molecule has 8 nitrogen and oxygen atoms in total. The maximum atomic E-state index is 12.8. The second-order valence-electron chi connectivity index (χ2n) is 11.2. The zero-order valence-electron chi connectivity index (χ0n) is 28.1. The van der Waals surface area contributed by atoms with Crippen LogP contribution in [0.1, 0.15) is 73.6 Å². The second kappa shape index (κ2) is 18.8. The highest BCUT2D eigenvalue weighted by atomic mass is 16.5. The highest BCUT2D eigenvalue weighted by molar-refractivity contribution is 6.04. The van der Waals surface area contributed by atoms with Crippen LogP contribution in [0.4, 0.5) is 0 Å². The van der Waals surface area contributed by atoms with E-state index < -0.39 is 0 Å². The Morgan fingerprint density at radius 3 is 1.19 bits per heavy atom. The Hall–Kier alpha value is -5.24. The highest BCUT2D eigenvalue weighted by Gasteiger charge is 2.23. The Morgan fingerprint density at radius 2 is 0.875 bits per heavy atom. The lowest BCUT2D eigenvalue weighted by Gasteiger charge is -2.19. The van der Waals surface area contributed by atoms with Gasteiger partial charge >= 0.3 is 11.9 Å². The van der Waals surface area contributed by atoms with Crippen LogP contribution in [0.3, 0.4) is 0 Å². The normalized spacial score (nSPS) is 12.9. The maximum Gasteiger partial charge on any atom is 0.306 e. The van der Waals surface area contributed by atoms with Crippen molar-refractivity contribution in [2.75, 3.05) is 27.4 Å². The Labute approximate surface area is 283 Å². The quantitative estimate of drug-likeness (QED) is 0.0652. The molecule has 48 heavy (non-hydrogen) atoms. The molecule has 250 valence electrons. The number of hydrogen-bond donors (Lipinski definition) is 0. The molecule has 4 rings (SSSR count). The molecule has 4 aromatic carbocycles. The largest absolute Gasteiger partial charge is 0.497 e. The van der Waals surface area contributed by atoms with Gasteiger partial charge < -0.3 is 18.9 Å². The molecule has 0 radical (unpaired) electrons. The average molecular weight is 649 g/mol. The van der Waals surface area contributed by atoms with E-state index in [9.17, 15) is 9.59 Å². The van der Waals surface area contributed by atoms with Crippen LogP contribution >= 0.6 is 0 Å². The summed E-state index contributed by atoms with van der Waals surface area (Å²) in [4.78, 5) is 25.6. The maximum absolute atomic E-state index is 12.8. The number of esters is 2. The number of carbonyl (C=O) groups is 2. The molecule has 0 aromatic heterocycles. The number of rotatable bonds is 17. The first-order valence-corrected chi connectivity index (χ1v) is 16.3. The first-order chi connectivity index (χ1) is 23.4. The monoisotopic (exact) mass is 648 g/mol. The molecule has 0 saturated heterocycles. The van der Waals surface area contributed by atoms with Gasteiger partial charge in [-0.3, -0.25) is 9.59 Å². The molecule has 0 amide bonds. The summed E-state index contributed by atoms with van der Waals surface area (Å²) in [7, 11) is 3.25. The van der Waals surface area contributed by atoms with E-state index in [0.717, 1.165) is 45.2 Å². The summed E-state index contributed by atoms with van der Waals surface area (Å²) < 4.78 is 21.4. The van der Waals surface area contributed by atoms with Crippen LogP contribution in [-0.4, -0.2) is 50.8 Å². The van der Waals surface area contributed by atoms with Gasteiger partial charge in [0, 0.05) is 0 Å². The molecular weight excluding hydrogens is 604 g/mol. The van der Waals surface area contributed by atoms with Gasteiger partial charge in [0.25, 0.3) is 0 Å². The molecule has 0 aliphatic rings.